The van der Waals surface area contributed by atoms with Gasteiger partial charge in [-0.25, -0.2) is 0 Å². The molecule has 0 saturated carbocycles. The zero-order valence-corrected chi connectivity index (χ0v) is 12.5. The predicted molar refractivity (Wildman–Crippen MR) is 77.3 cm³/mol. The molecule has 0 aromatic rings. The minimum Gasteiger partial charge on any atom is -0.466 e. The van der Waals surface area contributed by atoms with Crippen LogP contribution in [0.4, 0.5) is 0 Å². The maximum atomic E-state index is 11.3. The smallest absolute Gasteiger partial charge is 0.305 e. The van der Waals surface area contributed by atoms with Gasteiger partial charge in [0.05, 0.1) is 6.61 Å². The van der Waals surface area contributed by atoms with Crippen LogP contribution in [0.2, 0.25) is 0 Å². The second-order valence-corrected chi connectivity index (χ2v) is 4.93. The van der Waals surface area contributed by atoms with Crippen molar-refractivity contribution >= 4 is 18.4 Å². The van der Waals surface area contributed by atoms with Gasteiger partial charge in [0.2, 0.25) is 0 Å². The van der Waals surface area contributed by atoms with Crippen LogP contribution in [0.1, 0.15) is 58.3 Å². The quantitative estimate of drug-likeness (QED) is 0.503. The zero-order valence-electron chi connectivity index (χ0n) is 11.7. The highest BCUT2D eigenvalue weighted by Gasteiger charge is 2.09. The molecule has 0 aliphatic carbocycles. The first kappa shape index (κ1) is 17.7. The Kier molecular flexibility index (Phi) is 11.6. The number of carbonyl (C=O) groups excluding carboxylic acids is 1. The lowest BCUT2D eigenvalue weighted by Crippen LogP contribution is -2.31. The van der Waals surface area contributed by atoms with Gasteiger partial charge in [-0.1, -0.05) is 26.2 Å². The van der Waals surface area contributed by atoms with Gasteiger partial charge in [0.15, 0.2) is 0 Å². The van der Waals surface area contributed by atoms with Gasteiger partial charge in [-0.3, -0.25) is 4.79 Å². The molecule has 0 spiro atoms. The number of rotatable bonds is 8. The van der Waals surface area contributed by atoms with E-state index >= 15 is 0 Å². The third-order valence-corrected chi connectivity index (χ3v) is 3.31. The average Bonchev–Trinajstić information content (AvgIpc) is 2.36. The number of halogens is 1. The van der Waals surface area contributed by atoms with E-state index < -0.39 is 0 Å². The van der Waals surface area contributed by atoms with Crippen molar-refractivity contribution in [1.82, 2.24) is 4.90 Å². The highest BCUT2D eigenvalue weighted by molar-refractivity contribution is 5.85. The van der Waals surface area contributed by atoms with Crippen LogP contribution in [-0.2, 0) is 9.53 Å². The zero-order chi connectivity index (χ0) is 12.3. The molecule has 4 heteroatoms. The standard InChI is InChI=1S/C14H27NO2.ClH/c1-2-3-5-9-14(16)17-13-8-12-15-10-6-4-7-11-15;/h2-13H2,1H3;1H. The van der Waals surface area contributed by atoms with Gasteiger partial charge in [-0.15, -0.1) is 12.4 Å². The van der Waals surface area contributed by atoms with E-state index in [4.69, 9.17) is 4.74 Å². The molecule has 108 valence electrons. The fourth-order valence-corrected chi connectivity index (χ4v) is 2.25. The Balaban J connectivity index is 0.00000289. The monoisotopic (exact) mass is 277 g/mol. The molecule has 1 rings (SSSR count). The fraction of sp³-hybridized carbons (Fsp3) is 0.929. The van der Waals surface area contributed by atoms with Crippen LogP contribution in [0.5, 0.6) is 0 Å². The molecule has 0 radical (unpaired) electrons. The molecule has 0 aromatic carbocycles. The number of hydrogen-bond acceptors (Lipinski definition) is 3. The summed E-state index contributed by atoms with van der Waals surface area (Å²) in [4.78, 5) is 13.8. The van der Waals surface area contributed by atoms with Crippen molar-refractivity contribution in [2.24, 2.45) is 0 Å². The van der Waals surface area contributed by atoms with Crippen LogP contribution < -0.4 is 0 Å². The Bertz CT molecular complexity index is 206. The van der Waals surface area contributed by atoms with E-state index in [0.29, 0.717) is 13.0 Å². The van der Waals surface area contributed by atoms with Crippen LogP contribution in [-0.4, -0.2) is 37.1 Å². The van der Waals surface area contributed by atoms with E-state index in [9.17, 15) is 4.79 Å². The van der Waals surface area contributed by atoms with Gasteiger partial charge in [-0.05, 0) is 38.8 Å². The van der Waals surface area contributed by atoms with E-state index in [-0.39, 0.29) is 18.4 Å². The van der Waals surface area contributed by atoms with Crippen molar-refractivity contribution < 1.29 is 9.53 Å². The lowest BCUT2D eigenvalue weighted by atomic mass is 10.1. The summed E-state index contributed by atoms with van der Waals surface area (Å²) >= 11 is 0. The summed E-state index contributed by atoms with van der Waals surface area (Å²) in [6.45, 7) is 6.28. The predicted octanol–water partition coefficient (Wildman–Crippen LogP) is 3.41. The molecule has 18 heavy (non-hydrogen) atoms. The number of hydrogen-bond donors (Lipinski definition) is 0. The molecule has 1 aliphatic rings. The number of unbranched alkanes of at least 4 members (excludes halogenated alkanes) is 2. The van der Waals surface area contributed by atoms with E-state index in [1.165, 1.54) is 32.4 Å². The molecule has 1 aliphatic heterocycles. The minimum absolute atomic E-state index is 0. The highest BCUT2D eigenvalue weighted by atomic mass is 35.5. The summed E-state index contributed by atoms with van der Waals surface area (Å²) < 4.78 is 5.21. The first-order valence-electron chi connectivity index (χ1n) is 7.21. The summed E-state index contributed by atoms with van der Waals surface area (Å²) in [5.41, 5.74) is 0. The normalized spacial score (nSPS) is 16.1. The summed E-state index contributed by atoms with van der Waals surface area (Å²) in [6.07, 6.45) is 8.88. The Labute approximate surface area is 118 Å². The van der Waals surface area contributed by atoms with Crippen molar-refractivity contribution in [3.8, 4) is 0 Å². The first-order chi connectivity index (χ1) is 8.33. The van der Waals surface area contributed by atoms with Crippen LogP contribution in [0.3, 0.4) is 0 Å². The topological polar surface area (TPSA) is 29.5 Å². The number of likely N-dealkylation sites (tertiary alicyclic amines) is 1. The average molecular weight is 278 g/mol. The lowest BCUT2D eigenvalue weighted by Gasteiger charge is -2.26. The molecule has 0 amide bonds. The molecule has 0 aromatic heterocycles. The number of ether oxygens (including phenoxy) is 1. The maximum absolute atomic E-state index is 11.3. The van der Waals surface area contributed by atoms with Gasteiger partial charge in [0.25, 0.3) is 0 Å². The van der Waals surface area contributed by atoms with Crippen molar-refractivity contribution in [2.75, 3.05) is 26.2 Å². The summed E-state index contributed by atoms with van der Waals surface area (Å²) in [6, 6.07) is 0. The summed E-state index contributed by atoms with van der Waals surface area (Å²) in [5, 5.41) is 0. The molecule has 0 bridgehead atoms. The largest absolute Gasteiger partial charge is 0.466 e. The summed E-state index contributed by atoms with van der Waals surface area (Å²) in [5.74, 6) is -0.0166. The van der Waals surface area contributed by atoms with Crippen LogP contribution >= 0.6 is 12.4 Å². The van der Waals surface area contributed by atoms with Crippen molar-refractivity contribution in [3.63, 3.8) is 0 Å². The molecule has 0 unspecified atom stereocenters. The molecular weight excluding hydrogens is 250 g/mol. The van der Waals surface area contributed by atoms with Gasteiger partial charge in [0.1, 0.15) is 0 Å². The number of piperidine rings is 1. The number of esters is 1. The summed E-state index contributed by atoms with van der Waals surface area (Å²) in [7, 11) is 0. The van der Waals surface area contributed by atoms with Gasteiger partial charge < -0.3 is 9.64 Å². The molecule has 1 heterocycles. The minimum atomic E-state index is -0.0166. The third-order valence-electron chi connectivity index (χ3n) is 3.31. The van der Waals surface area contributed by atoms with E-state index in [0.717, 1.165) is 32.2 Å². The lowest BCUT2D eigenvalue weighted by molar-refractivity contribution is -0.144. The van der Waals surface area contributed by atoms with Crippen LogP contribution in [0.25, 0.3) is 0 Å². The van der Waals surface area contributed by atoms with Gasteiger partial charge >= 0.3 is 5.97 Å². The van der Waals surface area contributed by atoms with Crippen LogP contribution in [0, 0.1) is 0 Å². The molecule has 1 saturated heterocycles. The Morgan fingerprint density at radius 3 is 2.50 bits per heavy atom. The number of carbonyl (C=O) groups is 1. The SMILES string of the molecule is CCCCCC(=O)OCCCN1CCCCC1.Cl. The Morgan fingerprint density at radius 2 is 1.83 bits per heavy atom. The molecular formula is C14H28ClNO2. The van der Waals surface area contributed by atoms with Crippen molar-refractivity contribution in [3.05, 3.63) is 0 Å². The third kappa shape index (κ3) is 8.76. The van der Waals surface area contributed by atoms with Crippen molar-refractivity contribution in [2.45, 2.75) is 58.3 Å². The Morgan fingerprint density at radius 1 is 1.11 bits per heavy atom. The second kappa shape index (κ2) is 11.8. The highest BCUT2D eigenvalue weighted by Crippen LogP contribution is 2.08. The molecule has 3 nitrogen and oxygen atoms in total. The number of nitrogens with zero attached hydrogens (tertiary/aromatic N) is 1. The van der Waals surface area contributed by atoms with Gasteiger partial charge in [0, 0.05) is 13.0 Å². The van der Waals surface area contributed by atoms with E-state index in [1.54, 1.807) is 0 Å². The van der Waals surface area contributed by atoms with E-state index in [2.05, 4.69) is 11.8 Å². The second-order valence-electron chi connectivity index (χ2n) is 4.93. The molecule has 0 N–H and O–H groups in total. The fourth-order valence-electron chi connectivity index (χ4n) is 2.25. The molecule has 1 fully saturated rings. The van der Waals surface area contributed by atoms with Crippen molar-refractivity contribution in [1.29, 1.82) is 0 Å². The Hall–Kier alpha value is -0.280. The maximum Gasteiger partial charge on any atom is 0.305 e. The molecule has 0 atom stereocenters. The van der Waals surface area contributed by atoms with E-state index in [1.807, 2.05) is 0 Å². The first-order valence-corrected chi connectivity index (χ1v) is 7.21. The van der Waals surface area contributed by atoms with Crippen LogP contribution in [0.15, 0.2) is 0 Å². The van der Waals surface area contributed by atoms with Gasteiger partial charge in [-0.2, -0.15) is 0 Å².